The molecular weight excluding hydrogens is 1240 g/mol. The lowest BCUT2D eigenvalue weighted by atomic mass is 9.82. The number of esters is 2. The van der Waals surface area contributed by atoms with E-state index in [0.717, 1.165) is 161 Å². The summed E-state index contributed by atoms with van der Waals surface area (Å²) >= 11 is 2.87. The van der Waals surface area contributed by atoms with Crippen LogP contribution in [0.5, 0.6) is 11.5 Å². The number of carbonyl (C=O) groups is 4. The molecule has 14 nitrogen and oxygen atoms in total. The number of alkyl halides is 9. The normalized spacial score (nSPS) is 24.5. The number of ether oxygens (including phenoxy) is 4. The monoisotopic (exact) mass is 1310 g/mol. The Kier molecular flexibility index (Phi) is 23.2. The number of halogens is 9. The fourth-order valence-electron chi connectivity index (χ4n) is 13.7. The molecule has 4 bridgehead atoms. The zero-order valence-electron chi connectivity index (χ0n) is 49.5. The third kappa shape index (κ3) is 17.7. The highest BCUT2D eigenvalue weighted by molar-refractivity contribution is 7.10. The average molecular weight is 1310 g/mol. The maximum Gasteiger partial charge on any atom is 0.430 e. The zero-order chi connectivity index (χ0) is 65.0. The first-order valence-electron chi connectivity index (χ1n) is 30.4. The van der Waals surface area contributed by atoms with Crippen molar-refractivity contribution in [2.75, 3.05) is 65.6 Å². The lowest BCUT2D eigenvalue weighted by molar-refractivity contribution is -0.946. The lowest BCUT2D eigenvalue weighted by Gasteiger charge is -2.52. The highest BCUT2D eigenvalue weighted by Gasteiger charge is 2.55. The van der Waals surface area contributed by atoms with E-state index in [1.165, 1.54) is 39.9 Å². The van der Waals surface area contributed by atoms with Crippen LogP contribution >= 0.6 is 22.7 Å². The van der Waals surface area contributed by atoms with Gasteiger partial charge >= 0.3 is 30.5 Å². The third-order valence-electron chi connectivity index (χ3n) is 18.6. The van der Waals surface area contributed by atoms with E-state index < -0.39 is 59.2 Å². The highest BCUT2D eigenvalue weighted by Crippen LogP contribution is 2.47. The second-order valence-corrected chi connectivity index (χ2v) is 26.2. The van der Waals surface area contributed by atoms with E-state index in [0.29, 0.717) is 42.9 Å². The van der Waals surface area contributed by atoms with Gasteiger partial charge in [-0.3, -0.25) is 0 Å². The molecular formula is C65H75F9N2O12S2. The number of quaternary nitrogens is 2. The number of carboxylic acid groups (broad SMARTS) is 2. The summed E-state index contributed by atoms with van der Waals surface area (Å²) in [5, 5.41) is 44.9. The Morgan fingerprint density at radius 3 is 1.28 bits per heavy atom. The fourth-order valence-corrected chi connectivity index (χ4v) is 15.5. The van der Waals surface area contributed by atoms with Crippen LogP contribution in [-0.4, -0.2) is 133 Å². The van der Waals surface area contributed by atoms with Gasteiger partial charge in [-0.2, -0.15) is 39.5 Å². The summed E-state index contributed by atoms with van der Waals surface area (Å²) in [5.74, 6) is -5.27. The van der Waals surface area contributed by atoms with Gasteiger partial charge in [0.05, 0.1) is 58.0 Å². The Labute approximate surface area is 524 Å². The first kappa shape index (κ1) is 69.6. The number of aliphatic carboxylic acids is 2. The summed E-state index contributed by atoms with van der Waals surface area (Å²) in [4.78, 5) is 46.2. The standard InChI is InChI=1S/C33H40NO4S.C28H35F3NO4S.2C2HF3O2/c35-32(33(36,28-10-4-5-11-28)31-12-6-23-39-31)38-30-24-34(20-17-27(30)18-21-34)19-7-22-37-29-15-13-26(14-16-29)25-8-2-1-3-9-25;29-28(30,31)22-8-3-9-23(18-22)35-16-5-13-32-14-11-20(12-15-32)24(19-32)36-26(33)27(34,21-6-1-2-7-21)25-10-4-17-37-25;2*3-2(4,5)1(6)7/h1-3,6,8-9,12-16,23,27-28,30,36H,4-5,7,10-11,17-22,24H2;3-4,8-10,17-18,20-21,24,34H,1-2,5-7,11-16,19H2;2*(H,6,7)/q2*+1;;/p-2/t27?,30-,33+,34?;20?,24-,27+,32?;;/m00../s1. The van der Waals surface area contributed by atoms with Crippen molar-refractivity contribution in [1.29, 1.82) is 0 Å². The summed E-state index contributed by atoms with van der Waals surface area (Å²) < 4.78 is 128. The second-order valence-electron chi connectivity index (χ2n) is 24.3. The molecule has 0 unspecified atom stereocenters. The maximum atomic E-state index is 13.6. The minimum atomic E-state index is -5.19. The summed E-state index contributed by atoms with van der Waals surface area (Å²) in [7, 11) is 0. The second kappa shape index (κ2) is 30.0. The Balaban J connectivity index is 0.000000192. The number of hydrogen-bond acceptors (Lipinski definition) is 14. The smallest absolute Gasteiger partial charge is 0.430 e. The van der Waals surface area contributed by atoms with Crippen molar-refractivity contribution in [1.82, 2.24) is 0 Å². The Morgan fingerprint density at radius 1 is 0.500 bits per heavy atom. The molecule has 90 heavy (non-hydrogen) atoms. The molecule has 2 aliphatic carbocycles. The van der Waals surface area contributed by atoms with Crippen LogP contribution in [0.3, 0.4) is 0 Å². The fraction of sp³-hybridized carbons (Fsp3) is 0.538. The van der Waals surface area contributed by atoms with Gasteiger partial charge in [-0.25, -0.2) is 9.59 Å². The Hall–Kier alpha value is -6.25. The first-order valence-corrected chi connectivity index (χ1v) is 32.2. The molecule has 0 radical (unpaired) electrons. The highest BCUT2D eigenvalue weighted by atomic mass is 32.1. The van der Waals surface area contributed by atoms with Gasteiger partial charge in [-0.1, -0.05) is 86.3 Å². The molecule has 8 fully saturated rings. The minimum absolute atomic E-state index is 0.0493. The molecule has 8 aliphatic rings. The topological polar surface area (TPSA) is 192 Å². The number of fused-ring (bicyclic) bond motifs is 6. The predicted molar refractivity (Wildman–Crippen MR) is 311 cm³/mol. The largest absolute Gasteiger partial charge is 0.542 e. The molecule has 6 aliphatic heterocycles. The van der Waals surface area contributed by atoms with Gasteiger partial charge in [0, 0.05) is 72.0 Å². The van der Waals surface area contributed by atoms with Crippen molar-refractivity contribution >= 4 is 46.6 Å². The van der Waals surface area contributed by atoms with E-state index in [-0.39, 0.29) is 29.8 Å². The van der Waals surface area contributed by atoms with E-state index in [9.17, 15) is 59.3 Å². The quantitative estimate of drug-likeness (QED) is 0.0345. The van der Waals surface area contributed by atoms with Crippen LogP contribution in [-0.2, 0) is 46.0 Å². The van der Waals surface area contributed by atoms with E-state index in [1.54, 1.807) is 6.07 Å². The number of aliphatic hydroxyl groups is 2. The van der Waals surface area contributed by atoms with Crippen LogP contribution in [0.15, 0.2) is 114 Å². The Morgan fingerprint density at radius 2 is 0.900 bits per heavy atom. The summed E-state index contributed by atoms with van der Waals surface area (Å²) in [6, 6.07) is 31.2. The van der Waals surface area contributed by atoms with E-state index in [1.807, 2.05) is 41.1 Å². The molecule has 492 valence electrons. The molecule has 8 heterocycles. The van der Waals surface area contributed by atoms with Crippen LogP contribution in [0.4, 0.5) is 39.5 Å². The molecule has 3 aromatic carbocycles. The molecule has 2 saturated carbocycles. The summed E-state index contributed by atoms with van der Waals surface area (Å²) in [6.07, 6.45) is -1.79. The zero-order valence-corrected chi connectivity index (χ0v) is 51.1. The molecule has 0 amide bonds. The van der Waals surface area contributed by atoms with Crippen LogP contribution < -0.4 is 19.7 Å². The average Bonchev–Trinajstić information content (AvgIpc) is 1.22. The lowest BCUT2D eigenvalue weighted by Crippen LogP contribution is -2.65. The number of piperidine rings is 6. The molecule has 13 rings (SSSR count). The number of rotatable bonds is 19. The van der Waals surface area contributed by atoms with Gasteiger partial charge in [0.2, 0.25) is 0 Å². The van der Waals surface area contributed by atoms with Crippen LogP contribution in [0.25, 0.3) is 11.1 Å². The first-order chi connectivity index (χ1) is 42.6. The van der Waals surface area contributed by atoms with Crippen molar-refractivity contribution in [3.05, 3.63) is 129 Å². The van der Waals surface area contributed by atoms with Crippen molar-refractivity contribution in [2.45, 2.75) is 132 Å². The van der Waals surface area contributed by atoms with E-state index in [2.05, 4.69) is 48.5 Å². The molecule has 4 atom stereocenters. The van der Waals surface area contributed by atoms with Gasteiger partial charge in [0.1, 0.15) is 36.5 Å². The third-order valence-corrected chi connectivity index (χ3v) is 20.6. The van der Waals surface area contributed by atoms with Crippen molar-refractivity contribution in [2.24, 2.45) is 23.7 Å². The minimum Gasteiger partial charge on any atom is -0.542 e. The van der Waals surface area contributed by atoms with Crippen molar-refractivity contribution < 1.29 is 107 Å². The van der Waals surface area contributed by atoms with E-state index >= 15 is 0 Å². The van der Waals surface area contributed by atoms with Gasteiger partial charge in [-0.05, 0) is 90.0 Å². The SMILES string of the molecule is O=C(O[C@H]1C[N+]2(CCCOc3ccc(-c4ccccc4)cc3)CCC1CC2)[C@](O)(c1cccs1)C1CCCC1.O=C(O[C@H]1C[N+]2(CCCOc3cccc(C(F)(F)F)c3)CCC1CC2)[C@](O)(c1cccs1)C1CCCC1.O=C([O-])C(F)(F)F.O=C([O-])C(F)(F)F. The number of benzene rings is 3. The molecule has 5 aromatic rings. The number of hydrogen-bond donors (Lipinski definition) is 2. The van der Waals surface area contributed by atoms with E-state index in [4.69, 9.17) is 38.7 Å². The number of carbonyl (C=O) groups excluding carboxylic acids is 4. The van der Waals surface area contributed by atoms with Gasteiger partial charge in [0.25, 0.3) is 0 Å². The van der Waals surface area contributed by atoms with Gasteiger partial charge in [-0.15, -0.1) is 22.7 Å². The van der Waals surface area contributed by atoms with Gasteiger partial charge < -0.3 is 57.9 Å². The Bertz CT molecular complexity index is 3060. The maximum absolute atomic E-state index is 13.6. The number of nitrogens with zero attached hydrogens (tertiary/aromatic N) is 2. The molecule has 2 N–H and O–H groups in total. The van der Waals surface area contributed by atoms with Crippen LogP contribution in [0.2, 0.25) is 0 Å². The van der Waals surface area contributed by atoms with Crippen LogP contribution in [0.1, 0.15) is 105 Å². The van der Waals surface area contributed by atoms with Crippen molar-refractivity contribution in [3.8, 4) is 22.6 Å². The summed E-state index contributed by atoms with van der Waals surface area (Å²) in [5.41, 5.74) is -1.40. The predicted octanol–water partition coefficient (Wildman–Crippen LogP) is 10.8. The molecule has 6 saturated heterocycles. The van der Waals surface area contributed by atoms with Crippen molar-refractivity contribution in [3.63, 3.8) is 0 Å². The van der Waals surface area contributed by atoms with Gasteiger partial charge in [0.15, 0.2) is 23.4 Å². The molecule has 0 spiro atoms. The number of thiophene rings is 2. The molecule has 2 aromatic heterocycles. The molecule has 25 heteroatoms. The summed E-state index contributed by atoms with van der Waals surface area (Å²) in [6.45, 7) is 8.70. The van der Waals surface area contributed by atoms with Crippen LogP contribution in [0, 0.1) is 23.7 Å². The number of carboxylic acids is 2.